The maximum absolute atomic E-state index is 11.6. The zero-order chi connectivity index (χ0) is 11.3. The smallest absolute Gasteiger partial charge is 0.254 e. The monoisotopic (exact) mass is 261 g/mol. The molecule has 1 heterocycles. The Morgan fingerprint density at radius 2 is 2.38 bits per heavy atom. The lowest BCUT2D eigenvalue weighted by Gasteiger charge is -2.10. The second-order valence-electron chi connectivity index (χ2n) is 3.22. The zero-order valence-electron chi connectivity index (χ0n) is 9.27. The van der Waals surface area contributed by atoms with Gasteiger partial charge < -0.3 is 11.1 Å². The number of anilines is 1. The summed E-state index contributed by atoms with van der Waals surface area (Å²) in [5, 5.41) is 3.21. The predicted molar refractivity (Wildman–Crippen MR) is 71.2 cm³/mol. The van der Waals surface area contributed by atoms with Crippen molar-refractivity contribution < 1.29 is 4.79 Å². The van der Waals surface area contributed by atoms with Gasteiger partial charge in [0.15, 0.2) is 0 Å². The van der Waals surface area contributed by atoms with Gasteiger partial charge in [-0.15, -0.1) is 12.4 Å². The van der Waals surface area contributed by atoms with Crippen molar-refractivity contribution in [3.8, 4) is 0 Å². The van der Waals surface area contributed by atoms with Crippen LogP contribution in [0.3, 0.4) is 0 Å². The number of aromatic nitrogens is 1. The fourth-order valence-electron chi connectivity index (χ4n) is 1.01. The molecule has 0 spiro atoms. The minimum Gasteiger partial charge on any atom is -0.398 e. The molecule has 1 unspecified atom stereocenters. The molecule has 0 bridgehead atoms. The van der Waals surface area contributed by atoms with Gasteiger partial charge in [-0.05, 0) is 12.3 Å². The summed E-state index contributed by atoms with van der Waals surface area (Å²) in [6, 6.07) is 1.62. The second-order valence-corrected chi connectivity index (χ2v) is 4.50. The zero-order valence-corrected chi connectivity index (χ0v) is 10.9. The van der Waals surface area contributed by atoms with E-state index in [-0.39, 0.29) is 18.3 Å². The van der Waals surface area contributed by atoms with Crippen molar-refractivity contribution in [2.24, 2.45) is 0 Å². The number of halogens is 1. The maximum Gasteiger partial charge on any atom is 0.254 e. The van der Waals surface area contributed by atoms with E-state index in [1.165, 1.54) is 6.20 Å². The molecule has 0 radical (unpaired) electrons. The first kappa shape index (κ1) is 15.1. The molecule has 90 valence electrons. The van der Waals surface area contributed by atoms with E-state index in [1.807, 2.05) is 6.26 Å². The highest BCUT2D eigenvalue weighted by Gasteiger charge is 2.09. The summed E-state index contributed by atoms with van der Waals surface area (Å²) in [6.07, 6.45) is 5.06. The minimum absolute atomic E-state index is 0. The van der Waals surface area contributed by atoms with Crippen LogP contribution in [0, 0.1) is 0 Å². The average Bonchev–Trinajstić information content (AvgIpc) is 2.26. The lowest BCUT2D eigenvalue weighted by atomic mass is 10.2. The molecule has 4 nitrogen and oxygen atoms in total. The Bertz CT molecular complexity index is 349. The molecule has 0 aliphatic rings. The van der Waals surface area contributed by atoms with Crippen LogP contribution in [0.4, 0.5) is 5.69 Å². The van der Waals surface area contributed by atoms with Crippen LogP contribution < -0.4 is 11.1 Å². The molecule has 0 saturated carbocycles. The Kier molecular flexibility index (Phi) is 6.92. The first-order valence-electron chi connectivity index (χ1n) is 4.65. The molecular formula is C10H16ClN3OS. The van der Waals surface area contributed by atoms with Crippen LogP contribution in [-0.2, 0) is 0 Å². The first-order valence-corrected chi connectivity index (χ1v) is 5.94. The molecule has 1 atom stereocenters. The van der Waals surface area contributed by atoms with Crippen LogP contribution in [0.5, 0.6) is 0 Å². The number of nitrogen functional groups attached to an aromatic ring is 1. The Morgan fingerprint density at radius 1 is 1.69 bits per heavy atom. The van der Waals surface area contributed by atoms with Gasteiger partial charge in [0.1, 0.15) is 0 Å². The topological polar surface area (TPSA) is 68.0 Å². The number of carbonyl (C=O) groups is 1. The number of rotatable bonds is 4. The Labute approximate surface area is 106 Å². The third-order valence-electron chi connectivity index (χ3n) is 2.05. The summed E-state index contributed by atoms with van der Waals surface area (Å²) in [4.78, 5) is 15.5. The third kappa shape index (κ3) is 4.28. The molecule has 0 fully saturated rings. The summed E-state index contributed by atoms with van der Waals surface area (Å²) in [7, 11) is 0. The van der Waals surface area contributed by atoms with Gasteiger partial charge in [0.25, 0.3) is 5.91 Å². The number of amides is 1. The highest BCUT2D eigenvalue weighted by molar-refractivity contribution is 7.99. The standard InChI is InChI=1S/C10H15N3OS.ClH/c1-7(15-2)5-13-10(14)8-6-12-4-3-9(8)11;/h3-4,6-7H,5H2,1-2H3,(H2,11,12)(H,13,14);1H. The molecule has 1 aromatic rings. The van der Waals surface area contributed by atoms with Gasteiger partial charge in [-0.25, -0.2) is 0 Å². The molecule has 0 aromatic carbocycles. The maximum atomic E-state index is 11.6. The van der Waals surface area contributed by atoms with Gasteiger partial charge in [0, 0.05) is 29.9 Å². The van der Waals surface area contributed by atoms with Crippen LogP contribution >= 0.6 is 24.2 Å². The quantitative estimate of drug-likeness (QED) is 0.863. The lowest BCUT2D eigenvalue weighted by Crippen LogP contribution is -2.29. The van der Waals surface area contributed by atoms with Crippen molar-refractivity contribution >= 4 is 35.8 Å². The van der Waals surface area contributed by atoms with E-state index >= 15 is 0 Å². The Morgan fingerprint density at radius 3 is 2.94 bits per heavy atom. The van der Waals surface area contributed by atoms with Crippen molar-refractivity contribution in [3.63, 3.8) is 0 Å². The summed E-state index contributed by atoms with van der Waals surface area (Å²) < 4.78 is 0. The number of thioether (sulfide) groups is 1. The highest BCUT2D eigenvalue weighted by Crippen LogP contribution is 2.09. The first-order chi connectivity index (χ1) is 7.15. The molecular weight excluding hydrogens is 246 g/mol. The summed E-state index contributed by atoms with van der Waals surface area (Å²) >= 11 is 1.70. The van der Waals surface area contributed by atoms with E-state index in [1.54, 1.807) is 24.0 Å². The van der Waals surface area contributed by atoms with Crippen LogP contribution in [0.15, 0.2) is 18.5 Å². The highest BCUT2D eigenvalue weighted by atomic mass is 35.5. The van der Waals surface area contributed by atoms with Crippen LogP contribution in [0.2, 0.25) is 0 Å². The molecule has 0 saturated heterocycles. The van der Waals surface area contributed by atoms with Crippen molar-refractivity contribution in [3.05, 3.63) is 24.0 Å². The number of nitrogens with one attached hydrogen (secondary N) is 1. The van der Waals surface area contributed by atoms with Gasteiger partial charge in [-0.1, -0.05) is 6.92 Å². The summed E-state index contributed by atoms with van der Waals surface area (Å²) in [5.41, 5.74) is 6.55. The van der Waals surface area contributed by atoms with Crippen molar-refractivity contribution in [1.82, 2.24) is 10.3 Å². The number of hydrogen-bond donors (Lipinski definition) is 2. The van der Waals surface area contributed by atoms with Crippen molar-refractivity contribution in [1.29, 1.82) is 0 Å². The predicted octanol–water partition coefficient (Wildman–Crippen LogP) is 1.57. The van der Waals surface area contributed by atoms with E-state index in [0.29, 0.717) is 23.0 Å². The summed E-state index contributed by atoms with van der Waals surface area (Å²) in [5.74, 6) is -0.165. The molecule has 1 amide bonds. The van der Waals surface area contributed by atoms with E-state index in [2.05, 4.69) is 17.2 Å². The minimum atomic E-state index is -0.165. The van der Waals surface area contributed by atoms with Gasteiger partial charge >= 0.3 is 0 Å². The molecule has 1 aromatic heterocycles. The van der Waals surface area contributed by atoms with Gasteiger partial charge in [-0.3, -0.25) is 9.78 Å². The molecule has 6 heteroatoms. The third-order valence-corrected chi connectivity index (χ3v) is 3.02. The normalized spacial score (nSPS) is 11.4. The SMILES string of the molecule is CSC(C)CNC(=O)c1cnccc1N.Cl. The van der Waals surface area contributed by atoms with Crippen LogP contribution in [0.25, 0.3) is 0 Å². The molecule has 0 aliphatic heterocycles. The van der Waals surface area contributed by atoms with E-state index in [0.717, 1.165) is 0 Å². The fraction of sp³-hybridized carbons (Fsp3) is 0.400. The lowest BCUT2D eigenvalue weighted by molar-refractivity contribution is 0.0954. The number of nitrogens with two attached hydrogens (primary N) is 1. The number of pyridine rings is 1. The van der Waals surface area contributed by atoms with E-state index < -0.39 is 0 Å². The molecule has 16 heavy (non-hydrogen) atoms. The average molecular weight is 262 g/mol. The Hall–Kier alpha value is -0.940. The van der Waals surface area contributed by atoms with Crippen molar-refractivity contribution in [2.45, 2.75) is 12.2 Å². The number of hydrogen-bond acceptors (Lipinski definition) is 4. The molecule has 0 aliphatic carbocycles. The van der Waals surface area contributed by atoms with Crippen molar-refractivity contribution in [2.75, 3.05) is 18.5 Å². The second kappa shape index (κ2) is 7.35. The largest absolute Gasteiger partial charge is 0.398 e. The van der Waals surface area contributed by atoms with Gasteiger partial charge in [0.2, 0.25) is 0 Å². The van der Waals surface area contributed by atoms with Crippen LogP contribution in [0.1, 0.15) is 17.3 Å². The number of nitrogens with zero attached hydrogens (tertiary/aromatic N) is 1. The van der Waals surface area contributed by atoms with E-state index in [9.17, 15) is 4.79 Å². The fourth-order valence-corrected chi connectivity index (χ4v) is 1.26. The molecule has 1 rings (SSSR count). The van der Waals surface area contributed by atoms with Gasteiger partial charge in [0.05, 0.1) is 5.56 Å². The van der Waals surface area contributed by atoms with E-state index in [4.69, 9.17) is 5.73 Å². The molecule has 3 N–H and O–H groups in total. The van der Waals surface area contributed by atoms with Gasteiger partial charge in [-0.2, -0.15) is 11.8 Å². The Balaban J connectivity index is 0.00000225. The number of carbonyl (C=O) groups excluding carboxylic acids is 1. The van der Waals surface area contributed by atoms with Crippen LogP contribution in [-0.4, -0.2) is 28.9 Å². The summed E-state index contributed by atoms with van der Waals surface area (Å²) in [6.45, 7) is 2.69.